The van der Waals surface area contributed by atoms with Crippen LogP contribution in [0.15, 0.2) is 24.3 Å². The van der Waals surface area contributed by atoms with E-state index in [2.05, 4.69) is 5.32 Å². The van der Waals surface area contributed by atoms with Gasteiger partial charge in [0, 0.05) is 18.7 Å². The maximum absolute atomic E-state index is 11.5. The third-order valence-corrected chi connectivity index (χ3v) is 1.84. The van der Waals surface area contributed by atoms with Crippen molar-refractivity contribution in [2.75, 3.05) is 19.7 Å². The minimum absolute atomic E-state index is 0.123. The summed E-state index contributed by atoms with van der Waals surface area (Å²) in [6.45, 7) is 3.42. The molecule has 1 rings (SSSR count). The summed E-state index contributed by atoms with van der Waals surface area (Å²) in [6.07, 6.45) is 0. The average Bonchev–Trinajstić information content (AvgIpc) is 2.27. The summed E-state index contributed by atoms with van der Waals surface area (Å²) >= 11 is 0. The zero-order valence-electron chi connectivity index (χ0n) is 8.82. The Bertz CT molecular complexity index is 326. The fourth-order valence-electron chi connectivity index (χ4n) is 1.18. The topological polar surface area (TPSA) is 64.3 Å². The number of hydrogen-bond donors (Lipinski definition) is 2. The quantitative estimate of drug-likeness (QED) is 0.751. The van der Waals surface area contributed by atoms with E-state index in [9.17, 15) is 4.79 Å². The molecule has 0 spiro atoms. The Morgan fingerprint density at radius 3 is 3.00 bits per heavy atom. The highest BCUT2D eigenvalue weighted by atomic mass is 16.5. The predicted molar refractivity (Wildman–Crippen MR) is 59.0 cm³/mol. The fraction of sp³-hybridized carbons (Fsp3) is 0.364. The summed E-state index contributed by atoms with van der Waals surface area (Å²) in [4.78, 5) is 11.5. The molecule has 0 heterocycles. The summed E-state index contributed by atoms with van der Waals surface area (Å²) < 4.78 is 5.30. The SMILES string of the molecule is CCOc1cccc(C(=O)NCCN)c1. The average molecular weight is 208 g/mol. The number of carbonyl (C=O) groups excluding carboxylic acids is 1. The molecule has 0 fully saturated rings. The second-order valence-electron chi connectivity index (χ2n) is 3.01. The molecule has 0 radical (unpaired) electrons. The Morgan fingerprint density at radius 2 is 2.33 bits per heavy atom. The van der Waals surface area contributed by atoms with E-state index >= 15 is 0 Å². The molecule has 0 saturated heterocycles. The van der Waals surface area contributed by atoms with Crippen LogP contribution in [0, 0.1) is 0 Å². The molecule has 0 aliphatic carbocycles. The largest absolute Gasteiger partial charge is 0.494 e. The van der Waals surface area contributed by atoms with Crippen LogP contribution in [0.25, 0.3) is 0 Å². The second kappa shape index (κ2) is 6.03. The van der Waals surface area contributed by atoms with Gasteiger partial charge in [-0.3, -0.25) is 4.79 Å². The minimum Gasteiger partial charge on any atom is -0.494 e. The van der Waals surface area contributed by atoms with Gasteiger partial charge < -0.3 is 15.8 Å². The second-order valence-corrected chi connectivity index (χ2v) is 3.01. The molecular weight excluding hydrogens is 192 g/mol. The van der Waals surface area contributed by atoms with Gasteiger partial charge in [-0.1, -0.05) is 6.07 Å². The Hall–Kier alpha value is -1.55. The number of hydrogen-bond acceptors (Lipinski definition) is 3. The van der Waals surface area contributed by atoms with Gasteiger partial charge in [0.15, 0.2) is 0 Å². The summed E-state index contributed by atoms with van der Waals surface area (Å²) in [7, 11) is 0. The highest BCUT2D eigenvalue weighted by Crippen LogP contribution is 2.12. The molecule has 3 N–H and O–H groups in total. The lowest BCUT2D eigenvalue weighted by Gasteiger charge is -2.06. The van der Waals surface area contributed by atoms with Gasteiger partial charge in [0.1, 0.15) is 5.75 Å². The van der Waals surface area contributed by atoms with Crippen LogP contribution in [0.1, 0.15) is 17.3 Å². The normalized spacial score (nSPS) is 9.73. The van der Waals surface area contributed by atoms with Crippen molar-refractivity contribution in [2.45, 2.75) is 6.92 Å². The number of rotatable bonds is 5. The summed E-state index contributed by atoms with van der Waals surface area (Å²) in [5.41, 5.74) is 5.89. The standard InChI is InChI=1S/C11H16N2O2/c1-2-15-10-5-3-4-9(8-10)11(14)13-7-6-12/h3-5,8H,2,6-7,12H2,1H3,(H,13,14). The Morgan fingerprint density at radius 1 is 1.53 bits per heavy atom. The van der Waals surface area contributed by atoms with Crippen molar-refractivity contribution in [2.24, 2.45) is 5.73 Å². The molecule has 82 valence electrons. The van der Waals surface area contributed by atoms with Crippen molar-refractivity contribution in [3.63, 3.8) is 0 Å². The molecule has 0 saturated carbocycles. The number of carbonyl (C=O) groups is 1. The first-order valence-corrected chi connectivity index (χ1v) is 4.99. The first-order chi connectivity index (χ1) is 7.27. The zero-order chi connectivity index (χ0) is 11.1. The molecule has 15 heavy (non-hydrogen) atoms. The molecule has 1 aromatic carbocycles. The molecule has 1 aromatic rings. The summed E-state index contributed by atoms with van der Waals surface area (Å²) in [5.74, 6) is 0.583. The summed E-state index contributed by atoms with van der Waals surface area (Å²) in [5, 5.41) is 2.70. The number of nitrogens with one attached hydrogen (secondary N) is 1. The van der Waals surface area contributed by atoms with Gasteiger partial charge in [-0.2, -0.15) is 0 Å². The lowest BCUT2D eigenvalue weighted by molar-refractivity contribution is 0.0954. The van der Waals surface area contributed by atoms with Gasteiger partial charge >= 0.3 is 0 Å². The minimum atomic E-state index is -0.123. The first-order valence-electron chi connectivity index (χ1n) is 4.99. The van der Waals surface area contributed by atoms with E-state index in [-0.39, 0.29) is 5.91 Å². The third kappa shape index (κ3) is 3.59. The zero-order valence-corrected chi connectivity index (χ0v) is 8.82. The number of amides is 1. The van der Waals surface area contributed by atoms with E-state index in [1.807, 2.05) is 13.0 Å². The van der Waals surface area contributed by atoms with Crippen LogP contribution in [0.3, 0.4) is 0 Å². The molecule has 1 amide bonds. The molecule has 0 bridgehead atoms. The van der Waals surface area contributed by atoms with Crippen LogP contribution >= 0.6 is 0 Å². The molecular formula is C11H16N2O2. The first kappa shape index (κ1) is 11.5. The number of nitrogens with two attached hydrogens (primary N) is 1. The maximum atomic E-state index is 11.5. The van der Waals surface area contributed by atoms with Crippen LogP contribution < -0.4 is 15.8 Å². The van der Waals surface area contributed by atoms with Crippen LogP contribution in [0.4, 0.5) is 0 Å². The van der Waals surface area contributed by atoms with Crippen molar-refractivity contribution < 1.29 is 9.53 Å². The van der Waals surface area contributed by atoms with Gasteiger partial charge in [-0.15, -0.1) is 0 Å². The Kier molecular flexibility index (Phi) is 4.63. The van der Waals surface area contributed by atoms with Crippen molar-refractivity contribution in [3.05, 3.63) is 29.8 Å². The maximum Gasteiger partial charge on any atom is 0.251 e. The fourth-order valence-corrected chi connectivity index (χ4v) is 1.18. The molecule has 0 aliphatic heterocycles. The molecule has 0 atom stereocenters. The lowest BCUT2D eigenvalue weighted by atomic mass is 10.2. The van der Waals surface area contributed by atoms with Crippen LogP contribution in [0.2, 0.25) is 0 Å². The molecule has 4 heteroatoms. The van der Waals surface area contributed by atoms with Gasteiger partial charge in [0.05, 0.1) is 6.61 Å². The lowest BCUT2D eigenvalue weighted by Crippen LogP contribution is -2.28. The van der Waals surface area contributed by atoms with Crippen LogP contribution in [-0.2, 0) is 0 Å². The van der Waals surface area contributed by atoms with Crippen LogP contribution in [-0.4, -0.2) is 25.6 Å². The van der Waals surface area contributed by atoms with Crippen molar-refractivity contribution >= 4 is 5.91 Å². The van der Waals surface area contributed by atoms with E-state index in [0.717, 1.165) is 0 Å². The highest BCUT2D eigenvalue weighted by molar-refractivity contribution is 5.94. The molecule has 4 nitrogen and oxygen atoms in total. The van der Waals surface area contributed by atoms with Crippen molar-refractivity contribution in [1.82, 2.24) is 5.32 Å². The highest BCUT2D eigenvalue weighted by Gasteiger charge is 2.04. The van der Waals surface area contributed by atoms with E-state index in [4.69, 9.17) is 10.5 Å². The molecule has 0 aromatic heterocycles. The Labute approximate surface area is 89.4 Å². The van der Waals surface area contributed by atoms with Gasteiger partial charge in [0.25, 0.3) is 5.91 Å². The Balaban J connectivity index is 2.67. The van der Waals surface area contributed by atoms with Crippen molar-refractivity contribution in [3.8, 4) is 5.75 Å². The van der Waals surface area contributed by atoms with Gasteiger partial charge in [-0.05, 0) is 25.1 Å². The van der Waals surface area contributed by atoms with Crippen molar-refractivity contribution in [1.29, 1.82) is 0 Å². The monoisotopic (exact) mass is 208 g/mol. The third-order valence-electron chi connectivity index (χ3n) is 1.84. The molecule has 0 unspecified atom stereocenters. The van der Waals surface area contributed by atoms with Gasteiger partial charge in [0.2, 0.25) is 0 Å². The van der Waals surface area contributed by atoms with E-state index in [1.165, 1.54) is 0 Å². The molecule has 0 aliphatic rings. The van der Waals surface area contributed by atoms with E-state index < -0.39 is 0 Å². The number of benzene rings is 1. The smallest absolute Gasteiger partial charge is 0.251 e. The van der Waals surface area contributed by atoms with Gasteiger partial charge in [-0.25, -0.2) is 0 Å². The van der Waals surface area contributed by atoms with E-state index in [1.54, 1.807) is 18.2 Å². The number of ether oxygens (including phenoxy) is 1. The predicted octanol–water partition coefficient (Wildman–Crippen LogP) is 0.774. The van der Waals surface area contributed by atoms with Crippen LogP contribution in [0.5, 0.6) is 5.75 Å². The summed E-state index contributed by atoms with van der Waals surface area (Å²) in [6, 6.07) is 7.08. The van der Waals surface area contributed by atoms with E-state index in [0.29, 0.717) is 31.0 Å².